The Bertz CT molecular complexity index is 1410. The smallest absolute Gasteiger partial charge is 0.254 e. The van der Waals surface area contributed by atoms with E-state index in [1.54, 1.807) is 17.9 Å². The SMILES string of the molecule is Cc1nc(-c2c[nH]c3c(F)cc(F)cc23)nc(NC2CCCC(NC(=O)c3cnn(C)c3)C2)c1F. The number of benzene rings is 1. The number of aromatic amines is 1. The van der Waals surface area contributed by atoms with Crippen molar-refractivity contribution in [2.75, 3.05) is 5.32 Å². The number of amides is 1. The molecule has 1 saturated carbocycles. The number of anilines is 1. The van der Waals surface area contributed by atoms with Crippen LogP contribution in [0.25, 0.3) is 22.3 Å². The van der Waals surface area contributed by atoms with E-state index in [0.29, 0.717) is 17.5 Å². The molecule has 0 bridgehead atoms. The van der Waals surface area contributed by atoms with Crippen LogP contribution in [0.4, 0.5) is 19.0 Å². The van der Waals surface area contributed by atoms with Gasteiger partial charge in [0.15, 0.2) is 17.5 Å². The highest BCUT2D eigenvalue weighted by molar-refractivity contribution is 5.94. The Morgan fingerprint density at radius 2 is 1.97 bits per heavy atom. The first kappa shape index (κ1) is 22.9. The van der Waals surface area contributed by atoms with Gasteiger partial charge in [0.05, 0.1) is 23.0 Å². The highest BCUT2D eigenvalue weighted by atomic mass is 19.1. The first-order chi connectivity index (χ1) is 16.8. The van der Waals surface area contributed by atoms with Gasteiger partial charge in [0.2, 0.25) is 0 Å². The largest absolute Gasteiger partial charge is 0.365 e. The molecule has 2 unspecified atom stereocenters. The predicted molar refractivity (Wildman–Crippen MR) is 124 cm³/mol. The summed E-state index contributed by atoms with van der Waals surface area (Å²) >= 11 is 0. The van der Waals surface area contributed by atoms with Crippen molar-refractivity contribution in [3.8, 4) is 11.4 Å². The van der Waals surface area contributed by atoms with Gasteiger partial charge in [0.1, 0.15) is 11.6 Å². The summed E-state index contributed by atoms with van der Waals surface area (Å²) in [7, 11) is 1.74. The van der Waals surface area contributed by atoms with Crippen molar-refractivity contribution in [3.63, 3.8) is 0 Å². The lowest BCUT2D eigenvalue weighted by atomic mass is 9.90. The van der Waals surface area contributed by atoms with Crippen molar-refractivity contribution in [1.29, 1.82) is 0 Å². The zero-order valence-corrected chi connectivity index (χ0v) is 19.2. The molecule has 3 N–H and O–H groups in total. The van der Waals surface area contributed by atoms with Gasteiger partial charge in [0, 0.05) is 48.5 Å². The minimum Gasteiger partial charge on any atom is -0.365 e. The number of aromatic nitrogens is 5. The van der Waals surface area contributed by atoms with E-state index in [2.05, 4.69) is 30.7 Å². The highest BCUT2D eigenvalue weighted by Crippen LogP contribution is 2.31. The average Bonchev–Trinajstić information content (AvgIpc) is 3.43. The molecule has 4 aromatic rings. The van der Waals surface area contributed by atoms with Crippen LogP contribution in [0, 0.1) is 24.4 Å². The summed E-state index contributed by atoms with van der Waals surface area (Å²) in [5.74, 6) is -2.08. The summed E-state index contributed by atoms with van der Waals surface area (Å²) in [5.41, 5.74) is 1.09. The summed E-state index contributed by atoms with van der Waals surface area (Å²) in [6.07, 6.45) is 7.67. The lowest BCUT2D eigenvalue weighted by Crippen LogP contribution is -2.42. The van der Waals surface area contributed by atoms with Crippen LogP contribution in [-0.4, -0.2) is 42.7 Å². The second-order valence-electron chi connectivity index (χ2n) is 8.89. The van der Waals surface area contributed by atoms with E-state index in [0.717, 1.165) is 25.3 Å². The van der Waals surface area contributed by atoms with Gasteiger partial charge in [-0.2, -0.15) is 5.10 Å². The van der Waals surface area contributed by atoms with E-state index in [1.807, 2.05) is 0 Å². The number of rotatable bonds is 5. The van der Waals surface area contributed by atoms with E-state index < -0.39 is 17.5 Å². The quantitative estimate of drug-likeness (QED) is 0.394. The van der Waals surface area contributed by atoms with Crippen LogP contribution >= 0.6 is 0 Å². The molecule has 5 rings (SSSR count). The number of fused-ring (bicyclic) bond motifs is 1. The van der Waals surface area contributed by atoms with E-state index in [4.69, 9.17) is 0 Å². The molecule has 2 atom stereocenters. The molecule has 0 spiro atoms. The third-order valence-corrected chi connectivity index (χ3v) is 6.28. The van der Waals surface area contributed by atoms with Gasteiger partial charge in [-0.05, 0) is 38.7 Å². The summed E-state index contributed by atoms with van der Waals surface area (Å²) < 4.78 is 44.5. The van der Waals surface area contributed by atoms with Crippen molar-refractivity contribution >= 4 is 22.6 Å². The number of carbonyl (C=O) groups is 1. The van der Waals surface area contributed by atoms with Gasteiger partial charge < -0.3 is 15.6 Å². The number of nitrogens with zero attached hydrogens (tertiary/aromatic N) is 4. The molecule has 182 valence electrons. The zero-order chi connectivity index (χ0) is 24.7. The second-order valence-corrected chi connectivity index (χ2v) is 8.89. The monoisotopic (exact) mass is 483 g/mol. The van der Waals surface area contributed by atoms with Crippen molar-refractivity contribution in [2.45, 2.75) is 44.7 Å². The Balaban J connectivity index is 1.36. The molecule has 1 aliphatic rings. The van der Waals surface area contributed by atoms with Gasteiger partial charge in [-0.1, -0.05) is 0 Å². The third kappa shape index (κ3) is 4.58. The van der Waals surface area contributed by atoms with Crippen molar-refractivity contribution in [3.05, 3.63) is 59.4 Å². The average molecular weight is 483 g/mol. The predicted octanol–water partition coefficient (Wildman–Crippen LogP) is 4.24. The Morgan fingerprint density at radius 3 is 2.74 bits per heavy atom. The summed E-state index contributed by atoms with van der Waals surface area (Å²) in [4.78, 5) is 23.8. The Kier molecular flexibility index (Phi) is 5.91. The molecule has 8 nitrogen and oxygen atoms in total. The number of H-pyrrole nitrogens is 1. The first-order valence-electron chi connectivity index (χ1n) is 11.3. The van der Waals surface area contributed by atoms with Gasteiger partial charge in [-0.3, -0.25) is 9.48 Å². The lowest BCUT2D eigenvalue weighted by Gasteiger charge is -2.30. The van der Waals surface area contributed by atoms with Crippen LogP contribution in [0.2, 0.25) is 0 Å². The fourth-order valence-electron chi connectivity index (χ4n) is 4.57. The number of carbonyl (C=O) groups excluding carboxylic acids is 1. The second kappa shape index (κ2) is 9.05. The maximum atomic E-state index is 15.0. The van der Waals surface area contributed by atoms with Crippen molar-refractivity contribution in [1.82, 2.24) is 30.0 Å². The molecule has 11 heteroatoms. The van der Waals surface area contributed by atoms with Crippen LogP contribution in [0.1, 0.15) is 41.7 Å². The fourth-order valence-corrected chi connectivity index (χ4v) is 4.57. The standard InChI is InChI=1S/C24H24F3N7O/c1-12-20(27)23(33-22(30-12)18-10-28-21-17(18)6-14(25)7-19(21)26)31-15-4-3-5-16(8-15)32-24(35)13-9-29-34(2)11-13/h6-7,9-11,15-16,28H,3-5,8H2,1-2H3,(H,32,35)(H,30,31,33). The molecule has 35 heavy (non-hydrogen) atoms. The molecular weight excluding hydrogens is 459 g/mol. The summed E-state index contributed by atoms with van der Waals surface area (Å²) in [6.45, 7) is 1.51. The third-order valence-electron chi connectivity index (χ3n) is 6.28. The minimum atomic E-state index is -0.731. The van der Waals surface area contributed by atoms with E-state index in [1.165, 1.54) is 25.4 Å². The molecule has 1 aliphatic carbocycles. The molecule has 3 aromatic heterocycles. The number of aryl methyl sites for hydroxylation is 2. The van der Waals surface area contributed by atoms with Crippen LogP contribution in [0.3, 0.4) is 0 Å². The van der Waals surface area contributed by atoms with Crippen LogP contribution in [-0.2, 0) is 7.05 Å². The Hall–Kier alpha value is -3.89. The fraction of sp³-hybridized carbons (Fsp3) is 0.333. The lowest BCUT2D eigenvalue weighted by molar-refractivity contribution is 0.0926. The molecule has 1 amide bonds. The van der Waals surface area contributed by atoms with E-state index >= 15 is 0 Å². The van der Waals surface area contributed by atoms with E-state index in [9.17, 15) is 18.0 Å². The topological polar surface area (TPSA) is 101 Å². The minimum absolute atomic E-state index is 0.0166. The first-order valence-corrected chi connectivity index (χ1v) is 11.3. The van der Waals surface area contributed by atoms with Gasteiger partial charge in [-0.15, -0.1) is 0 Å². The number of hydrogen-bond donors (Lipinski definition) is 3. The van der Waals surface area contributed by atoms with Gasteiger partial charge >= 0.3 is 0 Å². The van der Waals surface area contributed by atoms with Crippen LogP contribution in [0.5, 0.6) is 0 Å². The number of halogens is 3. The van der Waals surface area contributed by atoms with Crippen LogP contribution < -0.4 is 10.6 Å². The molecule has 0 aliphatic heterocycles. The molecule has 0 radical (unpaired) electrons. The molecule has 0 saturated heterocycles. The number of hydrogen-bond acceptors (Lipinski definition) is 5. The van der Waals surface area contributed by atoms with Gasteiger partial charge in [0.25, 0.3) is 5.91 Å². The van der Waals surface area contributed by atoms with Gasteiger partial charge in [-0.25, -0.2) is 23.1 Å². The zero-order valence-electron chi connectivity index (χ0n) is 19.2. The maximum absolute atomic E-state index is 15.0. The normalized spacial score (nSPS) is 18.1. The maximum Gasteiger partial charge on any atom is 0.254 e. The number of nitrogens with one attached hydrogen (secondary N) is 3. The Labute approximate surface area is 199 Å². The Morgan fingerprint density at radius 1 is 1.17 bits per heavy atom. The van der Waals surface area contributed by atoms with E-state index in [-0.39, 0.29) is 46.2 Å². The molecule has 1 aromatic carbocycles. The summed E-state index contributed by atoms with van der Waals surface area (Å²) in [6, 6.07) is 1.77. The van der Waals surface area contributed by atoms with Crippen LogP contribution in [0.15, 0.2) is 30.7 Å². The molecule has 3 heterocycles. The highest BCUT2D eigenvalue weighted by Gasteiger charge is 2.26. The summed E-state index contributed by atoms with van der Waals surface area (Å²) in [5, 5.41) is 10.5. The molecule has 1 fully saturated rings. The van der Waals surface area contributed by atoms with Crippen molar-refractivity contribution < 1.29 is 18.0 Å². The molecular formula is C24H24F3N7O. The van der Waals surface area contributed by atoms with Crippen molar-refractivity contribution in [2.24, 2.45) is 7.05 Å².